The third-order valence-electron chi connectivity index (χ3n) is 5.20. The zero-order chi connectivity index (χ0) is 21.8. The van der Waals surface area contributed by atoms with Gasteiger partial charge in [-0.05, 0) is 55.2 Å². The molecule has 0 aliphatic carbocycles. The van der Waals surface area contributed by atoms with E-state index in [4.69, 9.17) is 0 Å². The van der Waals surface area contributed by atoms with E-state index in [9.17, 15) is 13.2 Å². The highest BCUT2D eigenvalue weighted by atomic mass is 32.2. The molecule has 1 amide bonds. The van der Waals surface area contributed by atoms with Crippen molar-refractivity contribution in [3.63, 3.8) is 0 Å². The van der Waals surface area contributed by atoms with Crippen LogP contribution < -0.4 is 5.32 Å². The molecule has 1 N–H and O–H groups in total. The van der Waals surface area contributed by atoms with Crippen molar-refractivity contribution in [1.82, 2.24) is 14.3 Å². The van der Waals surface area contributed by atoms with Gasteiger partial charge < -0.3 is 5.32 Å². The number of thiazole rings is 1. The second-order valence-electron chi connectivity index (χ2n) is 7.75. The molecule has 9 heteroatoms. The van der Waals surface area contributed by atoms with Gasteiger partial charge in [-0.15, -0.1) is 11.3 Å². The van der Waals surface area contributed by atoms with Gasteiger partial charge in [0.2, 0.25) is 15.9 Å². The van der Waals surface area contributed by atoms with Gasteiger partial charge in [-0.2, -0.15) is 4.31 Å². The van der Waals surface area contributed by atoms with Gasteiger partial charge in [0.1, 0.15) is 5.01 Å². The van der Waals surface area contributed by atoms with E-state index in [1.165, 1.54) is 11.3 Å². The molecular formula is C22H24N4O3S2. The summed E-state index contributed by atoms with van der Waals surface area (Å²) < 4.78 is 27.3. The fraction of sp³-hybridized carbons (Fsp3) is 0.318. The van der Waals surface area contributed by atoms with E-state index >= 15 is 0 Å². The summed E-state index contributed by atoms with van der Waals surface area (Å²) in [4.78, 5) is 21.2. The van der Waals surface area contributed by atoms with Crippen LogP contribution in [0.2, 0.25) is 0 Å². The maximum atomic E-state index is 12.9. The van der Waals surface area contributed by atoms with Crippen LogP contribution in [0.15, 0.2) is 59.1 Å². The number of pyridine rings is 1. The van der Waals surface area contributed by atoms with Crippen LogP contribution >= 0.6 is 11.3 Å². The maximum Gasteiger partial charge on any atom is 0.243 e. The summed E-state index contributed by atoms with van der Waals surface area (Å²) in [6.45, 7) is 3.18. The number of hydrogen-bond donors (Lipinski definition) is 1. The Morgan fingerprint density at radius 1 is 1.26 bits per heavy atom. The molecule has 0 saturated carbocycles. The first-order chi connectivity index (χ1) is 14.9. The third kappa shape index (κ3) is 5.17. The van der Waals surface area contributed by atoms with Crippen LogP contribution in [0.5, 0.6) is 0 Å². The van der Waals surface area contributed by atoms with Crippen molar-refractivity contribution >= 4 is 33.0 Å². The minimum atomic E-state index is -3.51. The number of anilines is 1. The van der Waals surface area contributed by atoms with Crippen LogP contribution in [-0.2, 0) is 21.2 Å². The van der Waals surface area contributed by atoms with E-state index in [0.717, 1.165) is 23.4 Å². The van der Waals surface area contributed by atoms with Crippen molar-refractivity contribution in [2.45, 2.75) is 31.1 Å². The Labute approximate surface area is 186 Å². The van der Waals surface area contributed by atoms with E-state index in [2.05, 4.69) is 22.2 Å². The minimum Gasteiger partial charge on any atom is -0.326 e. The lowest BCUT2D eigenvalue weighted by atomic mass is 10.0. The van der Waals surface area contributed by atoms with Gasteiger partial charge in [-0.25, -0.2) is 13.4 Å². The van der Waals surface area contributed by atoms with Crippen LogP contribution in [0.4, 0.5) is 5.69 Å². The summed E-state index contributed by atoms with van der Waals surface area (Å²) >= 11 is 1.47. The molecule has 3 heterocycles. The Bertz CT molecular complexity index is 1150. The zero-order valence-corrected chi connectivity index (χ0v) is 18.8. The lowest BCUT2D eigenvalue weighted by molar-refractivity contribution is -0.115. The van der Waals surface area contributed by atoms with Crippen molar-refractivity contribution in [2.24, 2.45) is 5.92 Å². The molecular weight excluding hydrogens is 432 g/mol. The molecule has 1 aliphatic heterocycles. The topological polar surface area (TPSA) is 92.3 Å². The first-order valence-corrected chi connectivity index (χ1v) is 12.5. The van der Waals surface area contributed by atoms with Crippen LogP contribution in [0, 0.1) is 5.92 Å². The number of aromatic nitrogens is 2. The van der Waals surface area contributed by atoms with Crippen molar-refractivity contribution in [3.05, 3.63) is 59.9 Å². The van der Waals surface area contributed by atoms with Gasteiger partial charge in [-0.3, -0.25) is 9.78 Å². The number of nitrogens with one attached hydrogen (secondary N) is 1. The van der Waals surface area contributed by atoms with E-state index < -0.39 is 10.0 Å². The molecule has 0 bridgehead atoms. The maximum absolute atomic E-state index is 12.9. The van der Waals surface area contributed by atoms with Crippen molar-refractivity contribution < 1.29 is 13.2 Å². The Balaban J connectivity index is 1.38. The van der Waals surface area contributed by atoms with Crippen molar-refractivity contribution in [2.75, 3.05) is 18.4 Å². The number of rotatable bonds is 6. The molecule has 7 nitrogen and oxygen atoms in total. The molecule has 0 spiro atoms. The number of amides is 1. The fourth-order valence-electron chi connectivity index (χ4n) is 3.60. The van der Waals surface area contributed by atoms with Crippen LogP contribution in [0.25, 0.3) is 10.6 Å². The molecule has 1 atom stereocenters. The molecule has 3 aromatic rings. The second kappa shape index (κ2) is 9.25. The molecule has 4 rings (SSSR count). The molecule has 1 unspecified atom stereocenters. The van der Waals surface area contributed by atoms with Crippen molar-refractivity contribution in [1.29, 1.82) is 0 Å². The highest BCUT2D eigenvalue weighted by molar-refractivity contribution is 7.89. The van der Waals surface area contributed by atoms with Crippen molar-refractivity contribution in [3.8, 4) is 10.6 Å². The summed E-state index contributed by atoms with van der Waals surface area (Å²) in [5, 5.41) is 5.49. The summed E-state index contributed by atoms with van der Waals surface area (Å²) in [6.07, 6.45) is 5.52. The summed E-state index contributed by atoms with van der Waals surface area (Å²) in [5.41, 5.74) is 2.15. The molecule has 31 heavy (non-hydrogen) atoms. The van der Waals surface area contributed by atoms with Crippen LogP contribution in [-0.4, -0.2) is 41.7 Å². The van der Waals surface area contributed by atoms with Crippen LogP contribution in [0.1, 0.15) is 25.5 Å². The fourth-order valence-corrected chi connectivity index (χ4v) is 6.01. The van der Waals surface area contributed by atoms with E-state index in [1.807, 2.05) is 17.5 Å². The normalized spacial score (nSPS) is 17.4. The molecule has 0 radical (unpaired) electrons. The first-order valence-electron chi connectivity index (χ1n) is 10.2. The Kier molecular flexibility index (Phi) is 6.45. The predicted octanol–water partition coefficient (Wildman–Crippen LogP) is 3.81. The number of piperidine rings is 1. The van der Waals surface area contributed by atoms with E-state index in [0.29, 0.717) is 30.4 Å². The van der Waals surface area contributed by atoms with Gasteiger partial charge in [0.25, 0.3) is 0 Å². The number of benzene rings is 1. The molecule has 2 aromatic heterocycles. The standard InChI is InChI=1S/C22H24N4O3S2/c1-16-4-3-11-26(14-16)31(28,29)20-8-6-18(7-9-20)24-21(27)12-19-15-30-22(25-19)17-5-2-10-23-13-17/h2,5-10,13,15-16H,3-4,11-12,14H2,1H3,(H,24,27). The SMILES string of the molecule is CC1CCCN(S(=O)(=O)c2ccc(NC(=O)Cc3csc(-c4cccnc4)n3)cc2)C1. The van der Waals surface area contributed by atoms with Gasteiger partial charge in [0.05, 0.1) is 17.0 Å². The first kappa shape index (κ1) is 21.6. The average molecular weight is 457 g/mol. The number of carbonyl (C=O) groups is 1. The van der Waals surface area contributed by atoms with E-state index in [-0.39, 0.29) is 17.2 Å². The Morgan fingerprint density at radius 3 is 2.77 bits per heavy atom. The van der Waals surface area contributed by atoms with E-state index in [1.54, 1.807) is 41.0 Å². The highest BCUT2D eigenvalue weighted by Gasteiger charge is 2.28. The quantitative estimate of drug-likeness (QED) is 0.609. The van der Waals surface area contributed by atoms with Crippen LogP contribution in [0.3, 0.4) is 0 Å². The average Bonchev–Trinajstić information content (AvgIpc) is 3.23. The summed E-state index contributed by atoms with van der Waals surface area (Å²) in [7, 11) is -3.51. The smallest absolute Gasteiger partial charge is 0.243 e. The molecule has 1 saturated heterocycles. The highest BCUT2D eigenvalue weighted by Crippen LogP contribution is 2.25. The number of nitrogens with zero attached hydrogens (tertiary/aromatic N) is 3. The Hall–Kier alpha value is -2.62. The molecule has 1 fully saturated rings. The zero-order valence-electron chi connectivity index (χ0n) is 17.2. The largest absolute Gasteiger partial charge is 0.326 e. The third-order valence-corrected chi connectivity index (χ3v) is 8.02. The van der Waals surface area contributed by atoms with Gasteiger partial charge in [-0.1, -0.05) is 6.92 Å². The summed E-state index contributed by atoms with van der Waals surface area (Å²) in [6, 6.07) is 10.1. The van der Waals surface area contributed by atoms with Gasteiger partial charge in [0, 0.05) is 42.1 Å². The number of hydrogen-bond acceptors (Lipinski definition) is 6. The van der Waals surface area contributed by atoms with Gasteiger partial charge >= 0.3 is 0 Å². The molecule has 1 aliphatic rings. The molecule has 162 valence electrons. The lowest BCUT2D eigenvalue weighted by Gasteiger charge is -2.30. The lowest BCUT2D eigenvalue weighted by Crippen LogP contribution is -2.39. The Morgan fingerprint density at radius 2 is 2.06 bits per heavy atom. The number of sulfonamides is 1. The second-order valence-corrected chi connectivity index (χ2v) is 10.5. The molecule has 1 aromatic carbocycles. The predicted molar refractivity (Wildman–Crippen MR) is 121 cm³/mol. The monoisotopic (exact) mass is 456 g/mol. The minimum absolute atomic E-state index is 0.141. The summed E-state index contributed by atoms with van der Waals surface area (Å²) in [5.74, 6) is 0.162. The van der Waals surface area contributed by atoms with Gasteiger partial charge in [0.15, 0.2) is 0 Å². The number of carbonyl (C=O) groups excluding carboxylic acids is 1.